The lowest BCUT2D eigenvalue weighted by Crippen LogP contribution is -2.36. The van der Waals surface area contributed by atoms with Gasteiger partial charge < -0.3 is 20.4 Å². The largest absolute Gasteiger partial charge is 0.444 e. The van der Waals surface area contributed by atoms with E-state index < -0.39 is 5.60 Å². The molecule has 0 radical (unpaired) electrons. The lowest BCUT2D eigenvalue weighted by Gasteiger charge is -2.24. The summed E-state index contributed by atoms with van der Waals surface area (Å²) in [6.45, 7) is 6.48. The Morgan fingerprint density at radius 3 is 2.91 bits per heavy atom. The molecule has 0 bridgehead atoms. The van der Waals surface area contributed by atoms with Crippen LogP contribution in [0.3, 0.4) is 0 Å². The van der Waals surface area contributed by atoms with Gasteiger partial charge in [0.25, 0.3) is 0 Å². The number of aromatic nitrogens is 3. The van der Waals surface area contributed by atoms with E-state index in [0.717, 1.165) is 0 Å². The van der Waals surface area contributed by atoms with Crippen LogP contribution < -0.4 is 11.4 Å². The van der Waals surface area contributed by atoms with E-state index in [0.29, 0.717) is 36.4 Å². The van der Waals surface area contributed by atoms with Gasteiger partial charge in [0.1, 0.15) is 16.9 Å². The van der Waals surface area contributed by atoms with Crippen LogP contribution in [0.15, 0.2) is 17.1 Å². The molecule has 3 heterocycles. The Morgan fingerprint density at radius 1 is 1.48 bits per heavy atom. The normalized spacial score (nSPS) is 18.6. The van der Waals surface area contributed by atoms with Crippen molar-refractivity contribution >= 4 is 22.9 Å². The number of hydrogen-bond donors (Lipinski definition) is 2. The molecule has 8 heteroatoms. The van der Waals surface area contributed by atoms with E-state index in [4.69, 9.17) is 10.5 Å². The monoisotopic (exact) mass is 319 g/mol. The summed E-state index contributed by atoms with van der Waals surface area (Å²) >= 11 is 0. The van der Waals surface area contributed by atoms with Gasteiger partial charge in [-0.15, -0.1) is 0 Å². The second kappa shape index (κ2) is 5.29. The van der Waals surface area contributed by atoms with Crippen molar-refractivity contribution in [2.45, 2.75) is 38.8 Å². The Morgan fingerprint density at radius 2 is 2.22 bits per heavy atom. The van der Waals surface area contributed by atoms with E-state index in [1.807, 2.05) is 20.8 Å². The predicted molar refractivity (Wildman–Crippen MR) is 86.2 cm³/mol. The first-order valence-electron chi connectivity index (χ1n) is 7.59. The third-order valence-electron chi connectivity index (χ3n) is 3.85. The Hall–Kier alpha value is -2.51. The Kier molecular flexibility index (Phi) is 3.54. The first-order chi connectivity index (χ1) is 10.8. The summed E-state index contributed by atoms with van der Waals surface area (Å²) in [5, 5.41) is 0. The summed E-state index contributed by atoms with van der Waals surface area (Å²) in [5.74, 6) is 0.292. The lowest BCUT2D eigenvalue weighted by molar-refractivity contribution is 0.0289. The quantitative estimate of drug-likeness (QED) is 0.828. The number of likely N-dealkylation sites (tertiary alicyclic amines) is 1. The first kappa shape index (κ1) is 15.4. The molecule has 8 nitrogen and oxygen atoms in total. The molecule has 0 aliphatic carbocycles. The molecule has 1 saturated heterocycles. The highest BCUT2D eigenvalue weighted by Gasteiger charge is 2.32. The van der Waals surface area contributed by atoms with Crippen molar-refractivity contribution < 1.29 is 9.53 Å². The zero-order valence-corrected chi connectivity index (χ0v) is 13.5. The van der Waals surface area contributed by atoms with E-state index in [1.165, 1.54) is 0 Å². The highest BCUT2D eigenvalue weighted by Crippen LogP contribution is 2.26. The molecular weight excluding hydrogens is 298 g/mol. The maximum Gasteiger partial charge on any atom is 0.410 e. The Balaban J connectivity index is 1.85. The number of H-pyrrole nitrogens is 1. The van der Waals surface area contributed by atoms with Crippen molar-refractivity contribution in [3.8, 4) is 0 Å². The Labute approximate surface area is 133 Å². The van der Waals surface area contributed by atoms with Crippen molar-refractivity contribution in [2.75, 3.05) is 18.8 Å². The van der Waals surface area contributed by atoms with Crippen molar-refractivity contribution in [3.05, 3.63) is 22.7 Å². The molecule has 0 saturated carbocycles. The molecule has 0 spiro atoms. The lowest BCUT2D eigenvalue weighted by atomic mass is 10.2. The number of hydrogen-bond acceptors (Lipinski definition) is 5. The summed E-state index contributed by atoms with van der Waals surface area (Å²) in [4.78, 5) is 32.8. The molecular formula is C15H21N5O3. The second-order valence-electron chi connectivity index (χ2n) is 6.76. The molecule has 1 aliphatic rings. The Bertz CT molecular complexity index is 802. The maximum atomic E-state index is 12.3. The standard InChI is InChI=1S/C15H21N5O3/c1-15(2,3)23-14(22)19-7-5-9(8-19)20-10-4-6-17-12(16)11(10)18-13(20)21/h4,6,9H,5,7-8H2,1-3H3,(H2,16,17)(H,18,21)/t9-/m1/s1. The molecule has 124 valence electrons. The van der Waals surface area contributed by atoms with Gasteiger partial charge in [0.15, 0.2) is 0 Å². The number of anilines is 1. The number of rotatable bonds is 1. The minimum absolute atomic E-state index is 0.106. The third-order valence-corrected chi connectivity index (χ3v) is 3.85. The zero-order valence-electron chi connectivity index (χ0n) is 13.5. The highest BCUT2D eigenvalue weighted by atomic mass is 16.6. The molecule has 0 unspecified atom stereocenters. The number of carbonyl (C=O) groups is 1. The van der Waals surface area contributed by atoms with Crippen LogP contribution in [0, 0.1) is 0 Å². The number of amides is 1. The fraction of sp³-hybridized carbons (Fsp3) is 0.533. The molecule has 23 heavy (non-hydrogen) atoms. The summed E-state index contributed by atoms with van der Waals surface area (Å²) in [5.41, 5.74) is 6.27. The number of nitrogen functional groups attached to an aromatic ring is 1. The van der Waals surface area contributed by atoms with Crippen molar-refractivity contribution in [1.29, 1.82) is 0 Å². The number of imidazole rings is 1. The van der Waals surface area contributed by atoms with Gasteiger partial charge in [-0.1, -0.05) is 0 Å². The topological polar surface area (TPSA) is 106 Å². The van der Waals surface area contributed by atoms with E-state index in [1.54, 1.807) is 21.7 Å². The van der Waals surface area contributed by atoms with Gasteiger partial charge >= 0.3 is 11.8 Å². The summed E-state index contributed by atoms with van der Waals surface area (Å²) < 4.78 is 7.04. The highest BCUT2D eigenvalue weighted by molar-refractivity contribution is 5.84. The number of fused-ring (bicyclic) bond motifs is 1. The molecule has 3 rings (SSSR count). The number of nitrogens with two attached hydrogens (primary N) is 1. The number of nitrogens with one attached hydrogen (secondary N) is 1. The van der Waals surface area contributed by atoms with Crippen LogP contribution in [0.4, 0.5) is 10.6 Å². The van der Waals surface area contributed by atoms with Gasteiger partial charge in [0, 0.05) is 19.3 Å². The summed E-state index contributed by atoms with van der Waals surface area (Å²) in [6.07, 6.45) is 1.91. The van der Waals surface area contributed by atoms with Crippen molar-refractivity contribution in [3.63, 3.8) is 0 Å². The molecule has 2 aromatic heterocycles. The van der Waals surface area contributed by atoms with Gasteiger partial charge in [-0.05, 0) is 33.3 Å². The molecule has 1 amide bonds. The molecule has 3 N–H and O–H groups in total. The SMILES string of the molecule is CC(C)(C)OC(=O)N1CC[C@@H](n2c(=O)[nH]c3c(N)nccc32)C1. The van der Waals surface area contributed by atoms with Crippen LogP contribution in [0.5, 0.6) is 0 Å². The number of aromatic amines is 1. The maximum absolute atomic E-state index is 12.3. The van der Waals surface area contributed by atoms with Crippen LogP contribution in [-0.2, 0) is 4.74 Å². The number of ether oxygens (including phenoxy) is 1. The summed E-state index contributed by atoms with van der Waals surface area (Å²) in [6, 6.07) is 1.64. The average Bonchev–Trinajstić information content (AvgIpc) is 3.01. The van der Waals surface area contributed by atoms with E-state index >= 15 is 0 Å². The smallest absolute Gasteiger partial charge is 0.410 e. The molecule has 1 atom stereocenters. The van der Waals surface area contributed by atoms with Crippen LogP contribution >= 0.6 is 0 Å². The van der Waals surface area contributed by atoms with Crippen LogP contribution in [0.25, 0.3) is 11.0 Å². The number of carbonyl (C=O) groups excluding carboxylic acids is 1. The van der Waals surface area contributed by atoms with E-state index in [9.17, 15) is 9.59 Å². The minimum atomic E-state index is -0.535. The van der Waals surface area contributed by atoms with Crippen molar-refractivity contribution in [1.82, 2.24) is 19.4 Å². The molecule has 2 aromatic rings. The second-order valence-corrected chi connectivity index (χ2v) is 6.76. The number of nitrogens with zero attached hydrogens (tertiary/aromatic N) is 3. The average molecular weight is 319 g/mol. The van der Waals surface area contributed by atoms with E-state index in [2.05, 4.69) is 9.97 Å². The van der Waals surface area contributed by atoms with Crippen LogP contribution in [0.1, 0.15) is 33.2 Å². The molecule has 1 aliphatic heterocycles. The fourth-order valence-corrected chi connectivity index (χ4v) is 2.88. The van der Waals surface area contributed by atoms with Gasteiger partial charge in [-0.25, -0.2) is 14.6 Å². The van der Waals surface area contributed by atoms with Gasteiger partial charge in [0.05, 0.1) is 11.6 Å². The predicted octanol–water partition coefficient (Wildman–Crippen LogP) is 1.49. The van der Waals surface area contributed by atoms with Crippen LogP contribution in [0.2, 0.25) is 0 Å². The molecule has 1 fully saturated rings. The van der Waals surface area contributed by atoms with Gasteiger partial charge in [-0.2, -0.15) is 0 Å². The number of pyridine rings is 1. The third kappa shape index (κ3) is 2.88. The minimum Gasteiger partial charge on any atom is -0.444 e. The van der Waals surface area contributed by atoms with Crippen molar-refractivity contribution in [2.24, 2.45) is 0 Å². The van der Waals surface area contributed by atoms with Crippen LogP contribution in [-0.4, -0.2) is 44.2 Å². The summed E-state index contributed by atoms with van der Waals surface area (Å²) in [7, 11) is 0. The van der Waals surface area contributed by atoms with Gasteiger partial charge in [0.2, 0.25) is 0 Å². The molecule has 0 aromatic carbocycles. The first-order valence-corrected chi connectivity index (χ1v) is 7.59. The fourth-order valence-electron chi connectivity index (χ4n) is 2.88. The van der Waals surface area contributed by atoms with E-state index in [-0.39, 0.29) is 17.8 Å². The van der Waals surface area contributed by atoms with Gasteiger partial charge in [-0.3, -0.25) is 4.57 Å². The zero-order chi connectivity index (χ0) is 16.8.